The van der Waals surface area contributed by atoms with Crippen LogP contribution in [0.15, 0.2) is 42.5 Å². The number of aliphatic hydroxyl groups is 1. The molecule has 2 N–H and O–H groups in total. The number of ether oxygens (including phenoxy) is 2. The number of carbonyl (C=O) groups is 1. The van der Waals surface area contributed by atoms with E-state index < -0.39 is 29.7 Å². The summed E-state index contributed by atoms with van der Waals surface area (Å²) in [6.07, 6.45) is 1.17. The highest BCUT2D eigenvalue weighted by Gasteiger charge is 2.50. The molecule has 1 saturated carbocycles. The molecular weight excluding hydrogens is 637 g/mol. The number of aliphatic hydroxyl groups excluding tert-OH is 1. The second-order valence-electron chi connectivity index (χ2n) is 14.8. The van der Waals surface area contributed by atoms with Crippen molar-refractivity contribution in [1.29, 1.82) is 0 Å². The molecule has 48 heavy (non-hydrogen) atoms. The molecule has 1 aliphatic carbocycles. The smallest absolute Gasteiger partial charge is 0.411 e. The van der Waals surface area contributed by atoms with E-state index in [4.69, 9.17) is 26.1 Å². The number of aromatic nitrogens is 2. The second-order valence-corrected chi connectivity index (χ2v) is 15.2. The standard InChI is InChI=1S/C36H41ClFN5O5/c1-35(2,3)48-34(46)43-21-13-28(45)27(43)17-42(16-21)32-25-15-26(37)29(24-14-22(44)12-20-8-6-7-9-23(20)24)30(38)31(25)39-33(40-32)47-19-36(10-11-36)18-41(4)5/h6-9,12,14-15,21,27-28,44-45H,10-11,13,16-19H2,1-5H3/t21-,27-,28-/m1/s1. The lowest BCUT2D eigenvalue weighted by atomic mass is 9.96. The molecule has 3 aliphatic rings. The number of anilines is 1. The molecule has 2 bridgehead atoms. The molecule has 12 heteroatoms. The molecular formula is C36H41ClFN5O5. The van der Waals surface area contributed by atoms with Crippen LogP contribution in [-0.2, 0) is 4.74 Å². The van der Waals surface area contributed by atoms with E-state index in [2.05, 4.69) is 9.88 Å². The summed E-state index contributed by atoms with van der Waals surface area (Å²) >= 11 is 6.90. The zero-order valence-electron chi connectivity index (χ0n) is 27.8. The topological polar surface area (TPSA) is 111 Å². The van der Waals surface area contributed by atoms with Gasteiger partial charge in [0.25, 0.3) is 0 Å². The number of aromatic hydroxyl groups is 1. The number of phenols is 1. The number of amides is 1. The first-order chi connectivity index (χ1) is 22.7. The minimum Gasteiger partial charge on any atom is -0.508 e. The molecule has 1 amide bonds. The van der Waals surface area contributed by atoms with E-state index in [1.165, 1.54) is 6.07 Å². The number of halogens is 2. The van der Waals surface area contributed by atoms with E-state index in [9.17, 15) is 15.0 Å². The normalized spacial score (nSPS) is 21.7. The van der Waals surface area contributed by atoms with Crippen molar-refractivity contribution < 1.29 is 28.9 Å². The lowest BCUT2D eigenvalue weighted by Gasteiger charge is -2.42. The molecule has 0 radical (unpaired) electrons. The molecule has 2 saturated heterocycles. The van der Waals surface area contributed by atoms with E-state index in [0.29, 0.717) is 36.3 Å². The van der Waals surface area contributed by atoms with Gasteiger partial charge < -0.3 is 29.5 Å². The number of hydrogen-bond donors (Lipinski definition) is 2. The highest BCUT2D eigenvalue weighted by molar-refractivity contribution is 6.35. The summed E-state index contributed by atoms with van der Waals surface area (Å²) in [5.41, 5.74) is -0.127. The van der Waals surface area contributed by atoms with Gasteiger partial charge in [0.2, 0.25) is 0 Å². The number of carbonyl (C=O) groups excluding carboxylic acids is 1. The maximum absolute atomic E-state index is 17.0. The molecule has 0 spiro atoms. The van der Waals surface area contributed by atoms with Gasteiger partial charge in [0.15, 0.2) is 5.82 Å². The van der Waals surface area contributed by atoms with Gasteiger partial charge in [-0.25, -0.2) is 9.18 Å². The van der Waals surface area contributed by atoms with Crippen molar-refractivity contribution in [2.45, 2.75) is 63.8 Å². The van der Waals surface area contributed by atoms with Gasteiger partial charge >= 0.3 is 12.1 Å². The second kappa shape index (κ2) is 11.9. The van der Waals surface area contributed by atoms with Crippen molar-refractivity contribution in [1.82, 2.24) is 19.8 Å². The number of rotatable bonds is 7. The van der Waals surface area contributed by atoms with Crippen molar-refractivity contribution in [2.24, 2.45) is 5.41 Å². The Bertz CT molecular complexity index is 1910. The average Bonchev–Trinajstić information content (AvgIpc) is 3.72. The predicted molar refractivity (Wildman–Crippen MR) is 183 cm³/mol. The number of benzene rings is 3. The predicted octanol–water partition coefficient (Wildman–Crippen LogP) is 6.23. The monoisotopic (exact) mass is 677 g/mol. The van der Waals surface area contributed by atoms with Gasteiger partial charge in [-0.15, -0.1) is 0 Å². The van der Waals surface area contributed by atoms with Crippen molar-refractivity contribution in [3.05, 3.63) is 53.3 Å². The number of fused-ring (bicyclic) bond motifs is 4. The van der Waals surface area contributed by atoms with E-state index in [0.717, 1.165) is 30.2 Å². The van der Waals surface area contributed by atoms with Crippen LogP contribution in [0.25, 0.3) is 32.8 Å². The third-order valence-electron chi connectivity index (χ3n) is 9.53. The zero-order chi connectivity index (χ0) is 34.1. The van der Waals surface area contributed by atoms with Crippen LogP contribution < -0.4 is 9.64 Å². The van der Waals surface area contributed by atoms with Gasteiger partial charge in [0, 0.05) is 36.0 Å². The number of nitrogens with zero attached hydrogens (tertiary/aromatic N) is 5. The molecule has 254 valence electrons. The molecule has 4 aromatic rings. The molecule has 1 aromatic heterocycles. The largest absolute Gasteiger partial charge is 0.508 e. The van der Waals surface area contributed by atoms with Gasteiger partial charge in [-0.05, 0) is 88.7 Å². The average molecular weight is 678 g/mol. The summed E-state index contributed by atoms with van der Waals surface area (Å²) < 4.78 is 28.9. The Labute approximate surface area is 284 Å². The van der Waals surface area contributed by atoms with Crippen LogP contribution in [0.3, 0.4) is 0 Å². The van der Waals surface area contributed by atoms with Gasteiger partial charge in [-0.2, -0.15) is 9.97 Å². The van der Waals surface area contributed by atoms with Crippen LogP contribution in [-0.4, -0.2) is 100 Å². The summed E-state index contributed by atoms with van der Waals surface area (Å²) in [4.78, 5) is 28.4. The summed E-state index contributed by atoms with van der Waals surface area (Å²) in [6.45, 7) is 7.23. The number of phenolic OH excluding ortho intramolecular Hbond substituents is 1. The summed E-state index contributed by atoms with van der Waals surface area (Å²) in [6, 6.07) is 11.3. The lowest BCUT2D eigenvalue weighted by Crippen LogP contribution is -2.58. The Hall–Kier alpha value is -3.93. The highest BCUT2D eigenvalue weighted by atomic mass is 35.5. The fourth-order valence-electron chi connectivity index (χ4n) is 7.33. The van der Waals surface area contributed by atoms with Gasteiger partial charge in [0.1, 0.15) is 22.7 Å². The summed E-state index contributed by atoms with van der Waals surface area (Å²) in [5, 5.41) is 23.6. The van der Waals surface area contributed by atoms with E-state index in [1.807, 2.05) is 64.0 Å². The summed E-state index contributed by atoms with van der Waals surface area (Å²) in [5.74, 6) is -0.265. The van der Waals surface area contributed by atoms with Crippen molar-refractivity contribution >= 4 is 45.2 Å². The molecule has 3 heterocycles. The molecule has 3 aromatic carbocycles. The Morgan fingerprint density at radius 3 is 2.56 bits per heavy atom. The molecule has 3 atom stereocenters. The first-order valence-corrected chi connectivity index (χ1v) is 16.7. The van der Waals surface area contributed by atoms with Gasteiger partial charge in [-0.1, -0.05) is 35.9 Å². The lowest BCUT2D eigenvalue weighted by molar-refractivity contribution is 0.00604. The quantitative estimate of drug-likeness (QED) is 0.235. The Kier molecular flexibility index (Phi) is 8.08. The maximum Gasteiger partial charge on any atom is 0.411 e. The third-order valence-corrected chi connectivity index (χ3v) is 9.82. The van der Waals surface area contributed by atoms with Crippen LogP contribution in [0.4, 0.5) is 15.0 Å². The van der Waals surface area contributed by atoms with Crippen LogP contribution in [0.1, 0.15) is 40.0 Å². The SMILES string of the molecule is CN(C)CC1(COc2nc(N3C[C@H]4C[C@@H](O)[C@@H](C3)N4C(=O)OC(C)(C)C)c3cc(Cl)c(-c4cc(O)cc5ccccc45)c(F)c3n2)CC1. The maximum atomic E-state index is 17.0. The van der Waals surface area contributed by atoms with Crippen LogP contribution >= 0.6 is 11.6 Å². The van der Waals surface area contributed by atoms with Crippen molar-refractivity contribution in [3.63, 3.8) is 0 Å². The number of hydrogen-bond acceptors (Lipinski definition) is 9. The first-order valence-electron chi connectivity index (χ1n) is 16.4. The van der Waals surface area contributed by atoms with Gasteiger partial charge in [0.05, 0.1) is 29.8 Å². The highest BCUT2D eigenvalue weighted by Crippen LogP contribution is 2.47. The van der Waals surface area contributed by atoms with Crippen LogP contribution in [0, 0.1) is 11.2 Å². The Balaban J connectivity index is 1.33. The van der Waals surface area contributed by atoms with Gasteiger partial charge in [-0.3, -0.25) is 4.90 Å². The molecule has 0 unspecified atom stereocenters. The fraction of sp³-hybridized carbons (Fsp3) is 0.472. The molecule has 2 aliphatic heterocycles. The van der Waals surface area contributed by atoms with Crippen LogP contribution in [0.5, 0.6) is 11.8 Å². The number of piperazine rings is 1. The zero-order valence-corrected chi connectivity index (χ0v) is 28.6. The van der Waals surface area contributed by atoms with E-state index in [1.54, 1.807) is 17.0 Å². The minimum absolute atomic E-state index is 0.0147. The van der Waals surface area contributed by atoms with Crippen molar-refractivity contribution in [2.75, 3.05) is 45.2 Å². The van der Waals surface area contributed by atoms with Crippen molar-refractivity contribution in [3.8, 4) is 22.9 Å². The fourth-order valence-corrected chi connectivity index (χ4v) is 7.63. The molecule has 10 nitrogen and oxygen atoms in total. The Morgan fingerprint density at radius 2 is 1.88 bits per heavy atom. The minimum atomic E-state index is -0.761. The first kappa shape index (κ1) is 32.6. The molecule has 3 fully saturated rings. The van der Waals surface area contributed by atoms with E-state index in [-0.39, 0.29) is 45.9 Å². The van der Waals surface area contributed by atoms with E-state index >= 15 is 4.39 Å². The molecule has 7 rings (SSSR count). The third kappa shape index (κ3) is 6.08. The van der Waals surface area contributed by atoms with Crippen LogP contribution in [0.2, 0.25) is 5.02 Å². The summed E-state index contributed by atoms with van der Waals surface area (Å²) in [7, 11) is 4.05. The Morgan fingerprint density at radius 1 is 1.12 bits per heavy atom.